The number of imidazole rings is 1. The summed E-state index contributed by atoms with van der Waals surface area (Å²) < 4.78 is 2.18. The summed E-state index contributed by atoms with van der Waals surface area (Å²) in [6.45, 7) is 5.77. The predicted octanol–water partition coefficient (Wildman–Crippen LogP) is 0.229. The number of aliphatic hydroxyl groups is 1. The molecule has 1 saturated heterocycles. The van der Waals surface area contributed by atoms with Crippen LogP contribution < -0.4 is 10.2 Å². The molecule has 0 unspecified atom stereocenters. The van der Waals surface area contributed by atoms with Crippen LogP contribution in [0, 0.1) is 0 Å². The van der Waals surface area contributed by atoms with E-state index in [0.717, 1.165) is 50.0 Å². The highest BCUT2D eigenvalue weighted by Gasteiger charge is 2.22. The number of piperazine rings is 1. The van der Waals surface area contributed by atoms with Crippen LogP contribution in [-0.4, -0.2) is 65.8 Å². The maximum Gasteiger partial charge on any atom is 0.195 e. The van der Waals surface area contributed by atoms with Gasteiger partial charge in [-0.05, 0) is 7.05 Å². The van der Waals surface area contributed by atoms with E-state index in [1.165, 1.54) is 5.69 Å². The third-order valence-corrected chi connectivity index (χ3v) is 4.53. The Bertz CT molecular complexity index is 558. The highest BCUT2D eigenvalue weighted by Crippen LogP contribution is 2.25. The second-order valence-corrected chi connectivity index (χ2v) is 5.89. The summed E-state index contributed by atoms with van der Waals surface area (Å²) in [7, 11) is 1.97. The van der Waals surface area contributed by atoms with Crippen molar-refractivity contribution >= 4 is 22.1 Å². The quantitative estimate of drug-likeness (QED) is 0.827. The summed E-state index contributed by atoms with van der Waals surface area (Å²) in [5.74, 6) is 1.11. The number of rotatable bonds is 5. The second kappa shape index (κ2) is 6.09. The lowest BCUT2D eigenvalue weighted by molar-refractivity contribution is 0.188. The molecule has 6 nitrogen and oxygen atoms in total. The lowest BCUT2D eigenvalue weighted by atomic mass is 10.3. The van der Waals surface area contributed by atoms with E-state index in [2.05, 4.69) is 31.1 Å². The van der Waals surface area contributed by atoms with Crippen molar-refractivity contribution in [2.24, 2.45) is 0 Å². The van der Waals surface area contributed by atoms with Gasteiger partial charge in [-0.25, -0.2) is 4.98 Å². The van der Waals surface area contributed by atoms with Crippen LogP contribution in [0.5, 0.6) is 0 Å². The molecular weight excluding hydrogens is 274 g/mol. The molecule has 0 radical (unpaired) electrons. The van der Waals surface area contributed by atoms with Gasteiger partial charge < -0.3 is 15.3 Å². The van der Waals surface area contributed by atoms with Gasteiger partial charge in [0, 0.05) is 50.8 Å². The van der Waals surface area contributed by atoms with Crippen molar-refractivity contribution in [3.05, 3.63) is 17.3 Å². The summed E-state index contributed by atoms with van der Waals surface area (Å²) >= 11 is 1.67. The molecule has 2 aromatic heterocycles. The van der Waals surface area contributed by atoms with Crippen LogP contribution in [0.1, 0.15) is 5.69 Å². The minimum absolute atomic E-state index is 0.241. The van der Waals surface area contributed by atoms with Crippen molar-refractivity contribution < 1.29 is 5.11 Å². The number of aliphatic hydroxyl groups excluding tert-OH is 1. The molecule has 1 aliphatic rings. The molecule has 0 amide bonds. The summed E-state index contributed by atoms with van der Waals surface area (Å²) in [5, 5.41) is 14.3. The first-order valence-corrected chi connectivity index (χ1v) is 7.88. The number of aromatic nitrogens is 2. The molecule has 1 aliphatic heterocycles. The van der Waals surface area contributed by atoms with Gasteiger partial charge in [0.15, 0.2) is 10.8 Å². The first-order chi connectivity index (χ1) is 9.83. The van der Waals surface area contributed by atoms with Gasteiger partial charge in [-0.15, -0.1) is 11.3 Å². The Morgan fingerprint density at radius 2 is 2.15 bits per heavy atom. The van der Waals surface area contributed by atoms with Crippen LogP contribution in [0.15, 0.2) is 11.6 Å². The number of anilines is 1. The van der Waals surface area contributed by atoms with Gasteiger partial charge in [0.05, 0.1) is 12.3 Å². The Hall–Kier alpha value is -1.15. The van der Waals surface area contributed by atoms with Gasteiger partial charge in [-0.1, -0.05) is 0 Å². The van der Waals surface area contributed by atoms with Crippen LogP contribution in [-0.2, 0) is 6.54 Å². The molecule has 2 N–H and O–H groups in total. The minimum Gasteiger partial charge on any atom is -0.395 e. The summed E-state index contributed by atoms with van der Waals surface area (Å²) in [5.41, 5.74) is 1.24. The Labute approximate surface area is 122 Å². The molecule has 7 heteroatoms. The largest absolute Gasteiger partial charge is 0.395 e. The molecule has 0 aliphatic carbocycles. The summed E-state index contributed by atoms with van der Waals surface area (Å²) in [4.78, 5) is 10.5. The number of fused-ring (bicyclic) bond motifs is 1. The van der Waals surface area contributed by atoms with E-state index in [1.54, 1.807) is 11.3 Å². The van der Waals surface area contributed by atoms with Crippen molar-refractivity contribution in [2.75, 3.05) is 51.3 Å². The van der Waals surface area contributed by atoms with Crippen LogP contribution in [0.3, 0.4) is 0 Å². The molecule has 3 heterocycles. The third kappa shape index (κ3) is 2.54. The zero-order chi connectivity index (χ0) is 13.9. The second-order valence-electron chi connectivity index (χ2n) is 5.02. The highest BCUT2D eigenvalue weighted by molar-refractivity contribution is 7.15. The highest BCUT2D eigenvalue weighted by atomic mass is 32.1. The topological polar surface area (TPSA) is 56.0 Å². The molecule has 0 saturated carbocycles. The number of thiazole rings is 1. The molecular formula is C13H21N5OS. The minimum atomic E-state index is 0.241. The van der Waals surface area contributed by atoms with Crippen molar-refractivity contribution in [3.63, 3.8) is 0 Å². The molecule has 0 aromatic carbocycles. The molecule has 3 rings (SSSR count). The molecule has 0 bridgehead atoms. The molecule has 20 heavy (non-hydrogen) atoms. The molecule has 1 fully saturated rings. The van der Waals surface area contributed by atoms with Crippen molar-refractivity contribution in [1.29, 1.82) is 0 Å². The lowest BCUT2D eigenvalue weighted by Gasteiger charge is -2.35. The third-order valence-electron chi connectivity index (χ3n) is 3.77. The van der Waals surface area contributed by atoms with Gasteiger partial charge in [0.2, 0.25) is 0 Å². The van der Waals surface area contributed by atoms with Gasteiger partial charge in [0.25, 0.3) is 0 Å². The Morgan fingerprint density at radius 1 is 1.35 bits per heavy atom. The molecule has 110 valence electrons. The van der Waals surface area contributed by atoms with E-state index in [-0.39, 0.29) is 6.61 Å². The van der Waals surface area contributed by atoms with E-state index >= 15 is 0 Å². The van der Waals surface area contributed by atoms with Crippen LogP contribution in [0.2, 0.25) is 0 Å². The Kier molecular flexibility index (Phi) is 4.21. The van der Waals surface area contributed by atoms with Crippen LogP contribution >= 0.6 is 11.3 Å². The lowest BCUT2D eigenvalue weighted by Crippen LogP contribution is -2.47. The fraction of sp³-hybridized carbons (Fsp3) is 0.615. The monoisotopic (exact) mass is 295 g/mol. The van der Waals surface area contributed by atoms with E-state index < -0.39 is 0 Å². The van der Waals surface area contributed by atoms with E-state index in [1.807, 2.05) is 7.05 Å². The van der Waals surface area contributed by atoms with Crippen molar-refractivity contribution in [3.8, 4) is 0 Å². The van der Waals surface area contributed by atoms with Gasteiger partial charge in [-0.3, -0.25) is 9.30 Å². The van der Waals surface area contributed by atoms with E-state index in [9.17, 15) is 0 Å². The average molecular weight is 295 g/mol. The summed E-state index contributed by atoms with van der Waals surface area (Å²) in [6.07, 6.45) is 2.09. The Balaban J connectivity index is 1.80. The molecule has 0 atom stereocenters. The first kappa shape index (κ1) is 13.8. The van der Waals surface area contributed by atoms with E-state index in [0.29, 0.717) is 0 Å². The van der Waals surface area contributed by atoms with Gasteiger partial charge >= 0.3 is 0 Å². The van der Waals surface area contributed by atoms with E-state index in [4.69, 9.17) is 10.1 Å². The van der Waals surface area contributed by atoms with Crippen LogP contribution in [0.4, 0.5) is 5.82 Å². The van der Waals surface area contributed by atoms with Crippen LogP contribution in [0.25, 0.3) is 4.96 Å². The number of β-amino-alcohol motifs (C(OH)–C–C–N with tert-alkyl or cyclic N) is 1. The smallest absolute Gasteiger partial charge is 0.195 e. The summed E-state index contributed by atoms with van der Waals surface area (Å²) in [6, 6.07) is 0. The number of hydrogen-bond acceptors (Lipinski definition) is 6. The van der Waals surface area contributed by atoms with Crippen molar-refractivity contribution in [2.45, 2.75) is 6.54 Å². The fourth-order valence-corrected chi connectivity index (χ4v) is 3.46. The molecule has 0 spiro atoms. The Morgan fingerprint density at radius 3 is 2.85 bits per heavy atom. The maximum absolute atomic E-state index is 9.01. The maximum atomic E-state index is 9.01. The molecule has 2 aromatic rings. The van der Waals surface area contributed by atoms with Gasteiger partial charge in [-0.2, -0.15) is 0 Å². The first-order valence-electron chi connectivity index (χ1n) is 7.00. The van der Waals surface area contributed by atoms with Crippen molar-refractivity contribution in [1.82, 2.24) is 19.6 Å². The number of nitrogens with zero attached hydrogens (tertiary/aromatic N) is 4. The standard InChI is InChI=1S/C13H21N5OS/c1-14-10-11-12(15-13-18(11)7-9-20-13)17-4-2-16(3-5-17)6-8-19/h7,9,14,19H,2-6,8,10H2,1H3. The predicted molar refractivity (Wildman–Crippen MR) is 81.6 cm³/mol. The SMILES string of the molecule is CNCc1c(N2CCN(CCO)CC2)nc2sccn12. The van der Waals surface area contributed by atoms with Gasteiger partial charge in [0.1, 0.15) is 0 Å². The zero-order valence-corrected chi connectivity index (χ0v) is 12.6. The average Bonchev–Trinajstić information content (AvgIpc) is 3.03. The zero-order valence-electron chi connectivity index (χ0n) is 11.7. The normalized spacial score (nSPS) is 17.2. The fourth-order valence-electron chi connectivity index (χ4n) is 2.73. The number of hydrogen-bond donors (Lipinski definition) is 2. The number of nitrogens with one attached hydrogen (secondary N) is 1.